The lowest BCUT2D eigenvalue weighted by molar-refractivity contribution is 0.625. The Hall–Kier alpha value is -2.19. The molecule has 2 aromatic rings. The molecule has 0 aliphatic heterocycles. The third kappa shape index (κ3) is 3.22. The molecule has 0 aromatic heterocycles. The fourth-order valence-electron chi connectivity index (χ4n) is 1.82. The number of nitrogens with zero attached hydrogens (tertiary/aromatic N) is 1. The van der Waals surface area contributed by atoms with Crippen LogP contribution in [0.5, 0.6) is 0 Å². The van der Waals surface area contributed by atoms with Crippen molar-refractivity contribution in [1.29, 1.82) is 5.26 Å². The molecule has 3 nitrogen and oxygen atoms in total. The number of hydrogen-bond acceptors (Lipinski definition) is 3. The molecule has 0 saturated heterocycles. The summed E-state index contributed by atoms with van der Waals surface area (Å²) in [7, 11) is -1.30. The standard InChI is InChI=1S/C15H13FN2OS/c1-10-4-14(2-3-15(10)18)20(19)9-12-5-11(8-17)6-13(16)7-12/h2-7H,9,18H2,1H3. The molecule has 20 heavy (non-hydrogen) atoms. The Balaban J connectivity index is 2.25. The fourth-order valence-corrected chi connectivity index (χ4v) is 2.99. The first-order valence-electron chi connectivity index (χ1n) is 5.93. The molecule has 0 saturated carbocycles. The van der Waals surface area contributed by atoms with Crippen molar-refractivity contribution in [3.63, 3.8) is 0 Å². The van der Waals surface area contributed by atoms with E-state index in [1.807, 2.05) is 13.0 Å². The average Bonchev–Trinajstić information content (AvgIpc) is 2.41. The molecule has 0 fully saturated rings. The van der Waals surface area contributed by atoms with Gasteiger partial charge in [0.15, 0.2) is 0 Å². The van der Waals surface area contributed by atoms with Crippen LogP contribution in [0, 0.1) is 24.1 Å². The molecule has 0 bridgehead atoms. The zero-order valence-corrected chi connectivity index (χ0v) is 11.7. The summed E-state index contributed by atoms with van der Waals surface area (Å²) < 4.78 is 25.6. The van der Waals surface area contributed by atoms with Gasteiger partial charge in [-0.2, -0.15) is 5.26 Å². The topological polar surface area (TPSA) is 66.9 Å². The van der Waals surface area contributed by atoms with Gasteiger partial charge in [-0.3, -0.25) is 4.21 Å². The zero-order chi connectivity index (χ0) is 14.7. The minimum Gasteiger partial charge on any atom is -0.399 e. The lowest BCUT2D eigenvalue weighted by Crippen LogP contribution is -1.99. The first-order chi connectivity index (χ1) is 9.49. The molecule has 0 amide bonds. The molecule has 0 spiro atoms. The van der Waals surface area contributed by atoms with Crippen molar-refractivity contribution in [2.75, 3.05) is 5.73 Å². The van der Waals surface area contributed by atoms with Gasteiger partial charge in [0.1, 0.15) is 5.82 Å². The molecule has 0 aliphatic carbocycles. The van der Waals surface area contributed by atoms with E-state index in [0.717, 1.165) is 11.6 Å². The monoisotopic (exact) mass is 288 g/mol. The summed E-state index contributed by atoms with van der Waals surface area (Å²) in [4.78, 5) is 0.638. The number of nitrogen functional groups attached to an aromatic ring is 1. The summed E-state index contributed by atoms with van der Waals surface area (Å²) in [6.45, 7) is 1.84. The Bertz CT molecular complexity index is 722. The summed E-state index contributed by atoms with van der Waals surface area (Å²) in [6, 6.07) is 11.0. The highest BCUT2D eigenvalue weighted by atomic mass is 32.2. The van der Waals surface area contributed by atoms with E-state index in [1.165, 1.54) is 6.07 Å². The Labute approximate surface area is 119 Å². The van der Waals surface area contributed by atoms with Gasteiger partial charge in [-0.15, -0.1) is 0 Å². The van der Waals surface area contributed by atoms with Crippen molar-refractivity contribution in [1.82, 2.24) is 0 Å². The van der Waals surface area contributed by atoms with Gasteiger partial charge in [-0.05, 0) is 54.4 Å². The minimum atomic E-state index is -1.30. The Morgan fingerprint density at radius 1 is 1.30 bits per heavy atom. The quantitative estimate of drug-likeness (QED) is 0.883. The second kappa shape index (κ2) is 5.85. The molecule has 2 N–H and O–H groups in total. The predicted molar refractivity (Wildman–Crippen MR) is 76.8 cm³/mol. The predicted octanol–water partition coefficient (Wildman–Crippen LogP) is 2.90. The van der Waals surface area contributed by atoms with Crippen LogP contribution in [0.2, 0.25) is 0 Å². The second-order valence-electron chi connectivity index (χ2n) is 4.47. The molecule has 102 valence electrons. The van der Waals surface area contributed by atoms with Crippen LogP contribution >= 0.6 is 0 Å². The number of anilines is 1. The molecular weight excluding hydrogens is 275 g/mol. The van der Waals surface area contributed by atoms with E-state index in [0.29, 0.717) is 16.1 Å². The number of nitriles is 1. The summed E-state index contributed by atoms with van der Waals surface area (Å²) in [5.74, 6) is -0.333. The van der Waals surface area contributed by atoms with Crippen molar-refractivity contribution in [2.24, 2.45) is 0 Å². The van der Waals surface area contributed by atoms with Crippen LogP contribution < -0.4 is 5.73 Å². The first-order valence-corrected chi connectivity index (χ1v) is 7.25. The highest BCUT2D eigenvalue weighted by Crippen LogP contribution is 2.19. The van der Waals surface area contributed by atoms with Gasteiger partial charge in [-0.25, -0.2) is 4.39 Å². The van der Waals surface area contributed by atoms with E-state index in [-0.39, 0.29) is 11.3 Å². The molecular formula is C15H13FN2OS. The van der Waals surface area contributed by atoms with E-state index in [2.05, 4.69) is 0 Å². The molecule has 2 rings (SSSR count). The maximum atomic E-state index is 13.3. The maximum absolute atomic E-state index is 13.3. The van der Waals surface area contributed by atoms with E-state index in [1.54, 1.807) is 24.3 Å². The van der Waals surface area contributed by atoms with Gasteiger partial charge in [0.25, 0.3) is 0 Å². The van der Waals surface area contributed by atoms with Crippen LogP contribution in [0.25, 0.3) is 0 Å². The number of nitrogens with two attached hydrogens (primary N) is 1. The summed E-state index contributed by atoms with van der Waals surface area (Å²) in [6.07, 6.45) is 0. The van der Waals surface area contributed by atoms with Crippen LogP contribution in [0.3, 0.4) is 0 Å². The van der Waals surface area contributed by atoms with Crippen molar-refractivity contribution in [2.45, 2.75) is 17.6 Å². The average molecular weight is 288 g/mol. The smallest absolute Gasteiger partial charge is 0.124 e. The van der Waals surface area contributed by atoms with Crippen LogP contribution in [-0.2, 0) is 16.6 Å². The maximum Gasteiger partial charge on any atom is 0.124 e. The molecule has 5 heteroatoms. The zero-order valence-electron chi connectivity index (χ0n) is 10.9. The van der Waals surface area contributed by atoms with Gasteiger partial charge < -0.3 is 5.73 Å². The largest absolute Gasteiger partial charge is 0.399 e. The number of benzene rings is 2. The van der Waals surface area contributed by atoms with Gasteiger partial charge in [0.05, 0.1) is 28.2 Å². The van der Waals surface area contributed by atoms with Crippen LogP contribution in [0.15, 0.2) is 41.3 Å². The van der Waals surface area contributed by atoms with E-state index < -0.39 is 16.6 Å². The molecule has 0 heterocycles. The minimum absolute atomic E-state index is 0.162. The normalized spacial score (nSPS) is 11.8. The number of hydrogen-bond donors (Lipinski definition) is 1. The van der Waals surface area contributed by atoms with Crippen molar-refractivity contribution in [3.8, 4) is 6.07 Å². The number of rotatable bonds is 3. The highest BCUT2D eigenvalue weighted by Gasteiger charge is 2.09. The second-order valence-corrected chi connectivity index (χ2v) is 5.92. The molecule has 1 atom stereocenters. The molecule has 1 unspecified atom stereocenters. The Morgan fingerprint density at radius 3 is 2.70 bits per heavy atom. The Kier molecular flexibility index (Phi) is 4.16. The molecule has 0 aliphatic rings. The van der Waals surface area contributed by atoms with Crippen molar-refractivity contribution < 1.29 is 8.60 Å². The van der Waals surface area contributed by atoms with E-state index in [9.17, 15) is 8.60 Å². The lowest BCUT2D eigenvalue weighted by atomic mass is 10.1. The third-order valence-corrected chi connectivity index (χ3v) is 4.26. The van der Waals surface area contributed by atoms with Gasteiger partial charge >= 0.3 is 0 Å². The third-order valence-electron chi connectivity index (χ3n) is 2.89. The van der Waals surface area contributed by atoms with Crippen molar-refractivity contribution >= 4 is 16.5 Å². The van der Waals surface area contributed by atoms with Crippen LogP contribution in [-0.4, -0.2) is 4.21 Å². The highest BCUT2D eigenvalue weighted by molar-refractivity contribution is 7.84. The SMILES string of the molecule is Cc1cc(S(=O)Cc2cc(F)cc(C#N)c2)ccc1N. The van der Waals surface area contributed by atoms with Gasteiger partial charge in [0, 0.05) is 10.6 Å². The summed E-state index contributed by atoms with van der Waals surface area (Å²) in [5.41, 5.74) is 7.97. The lowest BCUT2D eigenvalue weighted by Gasteiger charge is -2.06. The van der Waals surface area contributed by atoms with Gasteiger partial charge in [-0.1, -0.05) is 0 Å². The van der Waals surface area contributed by atoms with Crippen LogP contribution in [0.1, 0.15) is 16.7 Å². The summed E-state index contributed by atoms with van der Waals surface area (Å²) in [5, 5.41) is 8.80. The van der Waals surface area contributed by atoms with Crippen molar-refractivity contribution in [3.05, 3.63) is 58.9 Å². The Morgan fingerprint density at radius 2 is 2.05 bits per heavy atom. The van der Waals surface area contributed by atoms with E-state index >= 15 is 0 Å². The number of halogens is 1. The molecule has 0 radical (unpaired) electrons. The summed E-state index contributed by atoms with van der Waals surface area (Å²) >= 11 is 0. The number of aryl methyl sites for hydroxylation is 1. The first kappa shape index (κ1) is 14.2. The van der Waals surface area contributed by atoms with Crippen LogP contribution in [0.4, 0.5) is 10.1 Å². The molecule has 2 aromatic carbocycles. The van der Waals surface area contributed by atoms with E-state index in [4.69, 9.17) is 11.0 Å². The fraction of sp³-hybridized carbons (Fsp3) is 0.133. The van der Waals surface area contributed by atoms with Gasteiger partial charge in [0.2, 0.25) is 0 Å².